The number of halogens is 4. The Morgan fingerprint density at radius 3 is 2.55 bits per heavy atom. The van der Waals surface area contributed by atoms with Crippen LogP contribution in [0.15, 0.2) is 41.0 Å². The first-order valence-corrected chi connectivity index (χ1v) is 6.08. The molecule has 6 heteroatoms. The van der Waals surface area contributed by atoms with E-state index >= 15 is 0 Å². The molecule has 0 spiro atoms. The average Bonchev–Trinajstić information content (AvgIpc) is 2.90. The molecule has 1 aromatic heterocycles. The lowest BCUT2D eigenvalue weighted by Crippen LogP contribution is -2.12. The molecule has 2 nitrogen and oxygen atoms in total. The van der Waals surface area contributed by atoms with E-state index < -0.39 is 17.6 Å². The Bertz CT molecular complexity index is 563. The molecule has 0 aliphatic carbocycles. The van der Waals surface area contributed by atoms with Crippen LogP contribution in [0.2, 0.25) is 0 Å². The molecule has 1 heterocycles. The van der Waals surface area contributed by atoms with Crippen molar-refractivity contribution in [1.82, 2.24) is 0 Å². The fraction of sp³-hybridized carbons (Fsp3) is 0.286. The van der Waals surface area contributed by atoms with Crippen LogP contribution in [0.25, 0.3) is 0 Å². The van der Waals surface area contributed by atoms with Gasteiger partial charge in [-0.2, -0.15) is 13.2 Å². The maximum absolute atomic E-state index is 13.6. The molecular formula is C14H13F4NO. The number of benzene rings is 1. The van der Waals surface area contributed by atoms with E-state index in [9.17, 15) is 17.6 Å². The highest BCUT2D eigenvalue weighted by Crippen LogP contribution is 2.33. The summed E-state index contributed by atoms with van der Waals surface area (Å²) in [6.07, 6.45) is -2.50. The zero-order valence-corrected chi connectivity index (χ0v) is 10.7. The maximum Gasteiger partial charge on any atom is 0.416 e. The fourth-order valence-corrected chi connectivity index (χ4v) is 1.86. The summed E-state index contributed by atoms with van der Waals surface area (Å²) in [6, 6.07) is 5.26. The standard InChI is InChI=1S/C14H13F4NO/c1-2-11(13-4-3-7-20-13)19-12-8-9(14(16,17)18)5-6-10(12)15/h3-8,11,19H,2H2,1H3. The highest BCUT2D eigenvalue weighted by Gasteiger charge is 2.31. The van der Waals surface area contributed by atoms with Crippen molar-refractivity contribution in [1.29, 1.82) is 0 Å². The van der Waals surface area contributed by atoms with E-state index in [0.29, 0.717) is 18.2 Å². The number of hydrogen-bond donors (Lipinski definition) is 1. The third-order valence-electron chi connectivity index (χ3n) is 2.92. The van der Waals surface area contributed by atoms with Gasteiger partial charge in [0.15, 0.2) is 0 Å². The second kappa shape index (κ2) is 5.56. The summed E-state index contributed by atoms with van der Waals surface area (Å²) in [6.45, 7) is 1.83. The van der Waals surface area contributed by atoms with Crippen molar-refractivity contribution in [2.45, 2.75) is 25.6 Å². The second-order valence-electron chi connectivity index (χ2n) is 4.31. The molecule has 2 aromatic rings. The van der Waals surface area contributed by atoms with Gasteiger partial charge in [0.05, 0.1) is 23.6 Å². The Balaban J connectivity index is 2.28. The summed E-state index contributed by atoms with van der Waals surface area (Å²) in [7, 11) is 0. The lowest BCUT2D eigenvalue weighted by molar-refractivity contribution is -0.137. The molecule has 20 heavy (non-hydrogen) atoms. The molecule has 0 amide bonds. The fourth-order valence-electron chi connectivity index (χ4n) is 1.86. The molecule has 0 bridgehead atoms. The largest absolute Gasteiger partial charge is 0.467 e. The Labute approximate surface area is 113 Å². The van der Waals surface area contributed by atoms with Crippen molar-refractivity contribution in [3.05, 3.63) is 53.7 Å². The topological polar surface area (TPSA) is 25.2 Å². The molecule has 0 fully saturated rings. The van der Waals surface area contributed by atoms with Gasteiger partial charge >= 0.3 is 6.18 Å². The Morgan fingerprint density at radius 1 is 1.25 bits per heavy atom. The summed E-state index contributed by atoms with van der Waals surface area (Å²) >= 11 is 0. The minimum atomic E-state index is -4.50. The van der Waals surface area contributed by atoms with Crippen molar-refractivity contribution in [2.75, 3.05) is 5.32 Å². The van der Waals surface area contributed by atoms with E-state index in [1.54, 1.807) is 12.1 Å². The molecule has 0 radical (unpaired) electrons. The van der Waals surface area contributed by atoms with Gasteiger partial charge in [0.1, 0.15) is 11.6 Å². The summed E-state index contributed by atoms with van der Waals surface area (Å²) in [5, 5.41) is 2.74. The molecule has 1 atom stereocenters. The quantitative estimate of drug-likeness (QED) is 0.800. The van der Waals surface area contributed by atoms with Gasteiger partial charge < -0.3 is 9.73 Å². The lowest BCUT2D eigenvalue weighted by Gasteiger charge is -2.18. The maximum atomic E-state index is 13.6. The van der Waals surface area contributed by atoms with Gasteiger partial charge in [0.2, 0.25) is 0 Å². The van der Waals surface area contributed by atoms with Gasteiger partial charge in [-0.05, 0) is 36.8 Å². The molecule has 0 saturated carbocycles. The predicted octanol–water partition coefficient (Wildman–Crippen LogP) is 5.00. The van der Waals surface area contributed by atoms with E-state index in [1.807, 2.05) is 6.92 Å². The lowest BCUT2D eigenvalue weighted by atomic mass is 10.1. The van der Waals surface area contributed by atoms with E-state index in [0.717, 1.165) is 12.1 Å². The minimum absolute atomic E-state index is 0.192. The van der Waals surface area contributed by atoms with Crippen LogP contribution < -0.4 is 5.32 Å². The first kappa shape index (κ1) is 14.4. The molecule has 0 aliphatic heterocycles. The van der Waals surface area contributed by atoms with Crippen LogP contribution >= 0.6 is 0 Å². The van der Waals surface area contributed by atoms with E-state index in [2.05, 4.69) is 5.32 Å². The van der Waals surface area contributed by atoms with Crippen molar-refractivity contribution in [3.63, 3.8) is 0 Å². The molecule has 1 unspecified atom stereocenters. The first-order valence-electron chi connectivity index (χ1n) is 6.08. The number of hydrogen-bond acceptors (Lipinski definition) is 2. The van der Waals surface area contributed by atoms with Crippen LogP contribution in [0, 0.1) is 5.82 Å². The Kier molecular flexibility index (Phi) is 4.01. The minimum Gasteiger partial charge on any atom is -0.467 e. The highest BCUT2D eigenvalue weighted by atomic mass is 19.4. The van der Waals surface area contributed by atoms with E-state index in [4.69, 9.17) is 4.42 Å². The Morgan fingerprint density at radius 2 is 2.00 bits per heavy atom. The van der Waals surface area contributed by atoms with Crippen LogP contribution in [0.4, 0.5) is 23.2 Å². The normalized spacial score (nSPS) is 13.2. The number of furan rings is 1. The molecule has 0 saturated heterocycles. The first-order chi connectivity index (χ1) is 9.41. The van der Waals surface area contributed by atoms with Gasteiger partial charge in [-0.15, -0.1) is 0 Å². The third-order valence-corrected chi connectivity index (χ3v) is 2.92. The van der Waals surface area contributed by atoms with Gasteiger partial charge in [-0.25, -0.2) is 4.39 Å². The Hall–Kier alpha value is -1.98. The van der Waals surface area contributed by atoms with Crippen LogP contribution in [0.3, 0.4) is 0 Å². The van der Waals surface area contributed by atoms with E-state index in [1.165, 1.54) is 6.26 Å². The molecule has 1 aromatic carbocycles. The van der Waals surface area contributed by atoms with Crippen molar-refractivity contribution in [3.8, 4) is 0 Å². The molecule has 2 rings (SSSR count). The van der Waals surface area contributed by atoms with Crippen LogP contribution in [0.5, 0.6) is 0 Å². The molecule has 108 valence electrons. The van der Waals surface area contributed by atoms with Crippen molar-refractivity contribution >= 4 is 5.69 Å². The summed E-state index contributed by atoms with van der Waals surface area (Å²) in [5.41, 5.74) is -1.08. The number of alkyl halides is 3. The smallest absolute Gasteiger partial charge is 0.416 e. The number of anilines is 1. The number of nitrogens with one attached hydrogen (secondary N) is 1. The monoisotopic (exact) mass is 287 g/mol. The predicted molar refractivity (Wildman–Crippen MR) is 66.8 cm³/mol. The zero-order valence-electron chi connectivity index (χ0n) is 10.7. The SMILES string of the molecule is CCC(Nc1cc(C(F)(F)F)ccc1F)c1ccco1. The van der Waals surface area contributed by atoms with Crippen LogP contribution in [-0.4, -0.2) is 0 Å². The highest BCUT2D eigenvalue weighted by molar-refractivity contribution is 5.49. The second-order valence-corrected chi connectivity index (χ2v) is 4.31. The van der Waals surface area contributed by atoms with Gasteiger partial charge in [0.25, 0.3) is 0 Å². The van der Waals surface area contributed by atoms with Gasteiger partial charge in [0, 0.05) is 0 Å². The third kappa shape index (κ3) is 3.12. The molecule has 1 N–H and O–H groups in total. The van der Waals surface area contributed by atoms with Gasteiger partial charge in [-0.1, -0.05) is 6.92 Å². The number of rotatable bonds is 4. The summed E-state index contributed by atoms with van der Waals surface area (Å²) in [4.78, 5) is 0. The zero-order chi connectivity index (χ0) is 14.8. The van der Waals surface area contributed by atoms with Crippen molar-refractivity contribution < 1.29 is 22.0 Å². The molecule has 0 aliphatic rings. The summed E-state index contributed by atoms with van der Waals surface area (Å²) < 4.78 is 56.7. The van der Waals surface area contributed by atoms with Crippen molar-refractivity contribution in [2.24, 2.45) is 0 Å². The summed E-state index contributed by atoms with van der Waals surface area (Å²) in [5.74, 6) is -0.188. The molecular weight excluding hydrogens is 274 g/mol. The average molecular weight is 287 g/mol. The van der Waals surface area contributed by atoms with Crippen LogP contribution in [0.1, 0.15) is 30.7 Å². The van der Waals surface area contributed by atoms with E-state index in [-0.39, 0.29) is 11.7 Å². The van der Waals surface area contributed by atoms with Crippen LogP contribution in [-0.2, 0) is 6.18 Å². The van der Waals surface area contributed by atoms with Gasteiger partial charge in [-0.3, -0.25) is 0 Å².